The molecule has 15 heavy (non-hydrogen) atoms. The number of hydrogen-bond acceptors (Lipinski definition) is 1. The normalized spacial score (nSPS) is 11.7. The summed E-state index contributed by atoms with van der Waals surface area (Å²) >= 11 is 1.43. The lowest BCUT2D eigenvalue weighted by molar-refractivity contribution is -0.137. The summed E-state index contributed by atoms with van der Waals surface area (Å²) in [5.41, 5.74) is 0.00762. The molecule has 0 nitrogen and oxygen atoms in total. The number of thiophene rings is 1. The van der Waals surface area contributed by atoms with Crippen molar-refractivity contribution in [3.8, 4) is 10.4 Å². The van der Waals surface area contributed by atoms with Crippen LogP contribution in [0.1, 0.15) is 5.56 Å². The molecule has 0 radical (unpaired) electrons. The highest BCUT2D eigenvalue weighted by molar-refractivity contribution is 7.13. The van der Waals surface area contributed by atoms with Crippen molar-refractivity contribution in [2.75, 3.05) is 0 Å². The highest BCUT2D eigenvalue weighted by Crippen LogP contribution is 2.33. The molecule has 0 atom stereocenters. The standard InChI is InChI=1S/C11H7F3S/c12-11(13,14)9-4-1-3-8(7-9)10-5-2-6-15-10/h1-7H. The lowest BCUT2D eigenvalue weighted by Gasteiger charge is -2.07. The summed E-state index contributed by atoms with van der Waals surface area (Å²) in [5.74, 6) is 0. The predicted octanol–water partition coefficient (Wildman–Crippen LogP) is 4.43. The third-order valence-corrected chi connectivity index (χ3v) is 2.91. The Bertz CT molecular complexity index is 443. The topological polar surface area (TPSA) is 0 Å². The van der Waals surface area contributed by atoms with Crippen LogP contribution < -0.4 is 0 Å². The smallest absolute Gasteiger partial charge is 0.166 e. The van der Waals surface area contributed by atoms with Gasteiger partial charge in [-0.15, -0.1) is 11.3 Å². The van der Waals surface area contributed by atoms with Gasteiger partial charge in [0.05, 0.1) is 5.56 Å². The first-order chi connectivity index (χ1) is 7.07. The molecule has 2 rings (SSSR count). The zero-order valence-corrected chi connectivity index (χ0v) is 8.40. The Morgan fingerprint density at radius 1 is 1.00 bits per heavy atom. The first-order valence-corrected chi connectivity index (χ1v) is 5.16. The third kappa shape index (κ3) is 2.21. The predicted molar refractivity (Wildman–Crippen MR) is 54.8 cm³/mol. The Kier molecular flexibility index (Phi) is 2.52. The fourth-order valence-electron chi connectivity index (χ4n) is 1.29. The largest absolute Gasteiger partial charge is 0.416 e. The summed E-state index contributed by atoms with van der Waals surface area (Å²) in [6.45, 7) is 0. The quantitative estimate of drug-likeness (QED) is 0.677. The van der Waals surface area contributed by atoms with E-state index in [1.54, 1.807) is 12.1 Å². The molecule has 2 aromatic rings. The maximum Gasteiger partial charge on any atom is 0.416 e. The average molecular weight is 228 g/mol. The molecule has 0 fully saturated rings. The molecule has 0 bridgehead atoms. The second kappa shape index (κ2) is 3.70. The van der Waals surface area contributed by atoms with Crippen molar-refractivity contribution >= 4 is 11.3 Å². The summed E-state index contributed by atoms with van der Waals surface area (Å²) in [7, 11) is 0. The molecule has 0 spiro atoms. The van der Waals surface area contributed by atoms with Gasteiger partial charge in [0.2, 0.25) is 0 Å². The minimum Gasteiger partial charge on any atom is -0.166 e. The van der Waals surface area contributed by atoms with Crippen molar-refractivity contribution in [3.63, 3.8) is 0 Å². The highest BCUT2D eigenvalue weighted by atomic mass is 32.1. The van der Waals surface area contributed by atoms with Gasteiger partial charge in [0, 0.05) is 4.88 Å². The fraction of sp³-hybridized carbons (Fsp3) is 0.0909. The van der Waals surface area contributed by atoms with Gasteiger partial charge in [-0.2, -0.15) is 13.2 Å². The van der Waals surface area contributed by atoms with Gasteiger partial charge >= 0.3 is 6.18 Å². The molecule has 78 valence electrons. The molecule has 1 heterocycles. The molecule has 0 saturated heterocycles. The molecule has 0 N–H and O–H groups in total. The zero-order valence-electron chi connectivity index (χ0n) is 7.58. The molecule has 0 aliphatic heterocycles. The van der Waals surface area contributed by atoms with E-state index < -0.39 is 11.7 Å². The van der Waals surface area contributed by atoms with Gasteiger partial charge in [0.25, 0.3) is 0 Å². The summed E-state index contributed by atoms with van der Waals surface area (Å²) in [5, 5.41) is 1.84. The van der Waals surface area contributed by atoms with Gasteiger partial charge in [-0.3, -0.25) is 0 Å². The van der Waals surface area contributed by atoms with Crippen LogP contribution in [-0.4, -0.2) is 0 Å². The Hall–Kier alpha value is -1.29. The summed E-state index contributed by atoms with van der Waals surface area (Å²) in [6, 6.07) is 8.99. The van der Waals surface area contributed by atoms with E-state index >= 15 is 0 Å². The molecule has 0 aliphatic carbocycles. The number of halogens is 3. The van der Waals surface area contributed by atoms with Gasteiger partial charge < -0.3 is 0 Å². The van der Waals surface area contributed by atoms with Crippen LogP contribution in [0.2, 0.25) is 0 Å². The second-order valence-electron chi connectivity index (χ2n) is 3.06. The molecular weight excluding hydrogens is 221 g/mol. The molecule has 0 saturated carbocycles. The number of rotatable bonds is 1. The van der Waals surface area contributed by atoms with Gasteiger partial charge in [0.1, 0.15) is 0 Å². The Labute approximate surface area is 89.0 Å². The van der Waals surface area contributed by atoms with Crippen molar-refractivity contribution in [2.45, 2.75) is 6.18 Å². The van der Waals surface area contributed by atoms with Crippen LogP contribution >= 0.6 is 11.3 Å². The summed E-state index contributed by atoms with van der Waals surface area (Å²) in [4.78, 5) is 0.848. The van der Waals surface area contributed by atoms with E-state index in [1.807, 2.05) is 11.4 Å². The lowest BCUT2D eigenvalue weighted by atomic mass is 10.1. The van der Waals surface area contributed by atoms with E-state index in [2.05, 4.69) is 0 Å². The van der Waals surface area contributed by atoms with Gasteiger partial charge in [0.15, 0.2) is 0 Å². The van der Waals surface area contributed by atoms with Crippen LogP contribution in [0.15, 0.2) is 41.8 Å². The van der Waals surface area contributed by atoms with Crippen molar-refractivity contribution in [3.05, 3.63) is 47.3 Å². The highest BCUT2D eigenvalue weighted by Gasteiger charge is 2.30. The monoisotopic (exact) mass is 228 g/mol. The van der Waals surface area contributed by atoms with Crippen LogP contribution in [0.5, 0.6) is 0 Å². The van der Waals surface area contributed by atoms with Gasteiger partial charge in [-0.05, 0) is 29.1 Å². The molecule has 0 unspecified atom stereocenters. The molecule has 4 heteroatoms. The molecule has 0 aliphatic rings. The van der Waals surface area contributed by atoms with Crippen LogP contribution in [0, 0.1) is 0 Å². The molecule has 1 aromatic heterocycles. The average Bonchev–Trinajstić information content (AvgIpc) is 2.69. The zero-order chi connectivity index (χ0) is 10.9. The minimum absolute atomic E-state index is 0.603. The van der Waals surface area contributed by atoms with E-state index in [9.17, 15) is 13.2 Å². The maximum atomic E-state index is 12.4. The summed E-state index contributed by atoms with van der Waals surface area (Å²) in [6.07, 6.45) is -4.27. The van der Waals surface area contributed by atoms with E-state index in [-0.39, 0.29) is 0 Å². The SMILES string of the molecule is FC(F)(F)c1cccc(-c2cccs2)c1. The third-order valence-electron chi connectivity index (χ3n) is 2.00. The van der Waals surface area contributed by atoms with Crippen molar-refractivity contribution in [2.24, 2.45) is 0 Å². The van der Waals surface area contributed by atoms with Crippen LogP contribution in [-0.2, 0) is 6.18 Å². The van der Waals surface area contributed by atoms with E-state index in [4.69, 9.17) is 0 Å². The van der Waals surface area contributed by atoms with Crippen LogP contribution in [0.4, 0.5) is 13.2 Å². The second-order valence-corrected chi connectivity index (χ2v) is 4.00. The van der Waals surface area contributed by atoms with Crippen molar-refractivity contribution in [1.82, 2.24) is 0 Å². The van der Waals surface area contributed by atoms with Crippen LogP contribution in [0.3, 0.4) is 0 Å². The minimum atomic E-state index is -4.27. The Morgan fingerprint density at radius 2 is 1.80 bits per heavy atom. The van der Waals surface area contributed by atoms with Gasteiger partial charge in [-0.25, -0.2) is 0 Å². The van der Waals surface area contributed by atoms with E-state index in [1.165, 1.54) is 23.5 Å². The lowest BCUT2D eigenvalue weighted by Crippen LogP contribution is -2.04. The number of alkyl halides is 3. The number of benzene rings is 1. The number of hydrogen-bond donors (Lipinski definition) is 0. The molecular formula is C11H7F3S. The van der Waals surface area contributed by atoms with Crippen LogP contribution in [0.25, 0.3) is 10.4 Å². The van der Waals surface area contributed by atoms with E-state index in [0.29, 0.717) is 5.56 Å². The molecule has 0 amide bonds. The van der Waals surface area contributed by atoms with E-state index in [0.717, 1.165) is 10.9 Å². The first-order valence-electron chi connectivity index (χ1n) is 4.28. The summed E-state index contributed by atoms with van der Waals surface area (Å²) < 4.78 is 37.2. The maximum absolute atomic E-state index is 12.4. The first kappa shape index (κ1) is 10.2. The Balaban J connectivity index is 2.44. The van der Waals surface area contributed by atoms with Gasteiger partial charge in [-0.1, -0.05) is 18.2 Å². The van der Waals surface area contributed by atoms with Crippen molar-refractivity contribution in [1.29, 1.82) is 0 Å². The fourth-order valence-corrected chi connectivity index (χ4v) is 2.02. The molecule has 1 aromatic carbocycles. The Morgan fingerprint density at radius 3 is 2.40 bits per heavy atom. The van der Waals surface area contributed by atoms with Crippen molar-refractivity contribution < 1.29 is 13.2 Å².